The highest BCUT2D eigenvalue weighted by Gasteiger charge is 2.16. The highest BCUT2D eigenvalue weighted by molar-refractivity contribution is 6.02. The number of carboxylic acid groups (broad SMARTS) is 3. The number of hydrogen-bond donors (Lipinski definition) is 3. The fourth-order valence-electron chi connectivity index (χ4n) is 2.48. The molecule has 2 aromatic carbocycles. The quantitative estimate of drug-likeness (QED) is 0.408. The maximum Gasteiger partial charge on any atom is 0.339 e. The van der Waals surface area contributed by atoms with Gasteiger partial charge in [-0.25, -0.2) is 19.2 Å². The minimum atomic E-state index is -1.23. The lowest BCUT2D eigenvalue weighted by atomic mass is 10.1. The Morgan fingerprint density at radius 2 is 1.07 bits per heavy atom. The molecule has 0 fully saturated rings. The molecule has 8 heteroatoms. The molecule has 0 spiro atoms. The fourth-order valence-corrected chi connectivity index (χ4v) is 2.48. The van der Waals surface area contributed by atoms with Crippen LogP contribution in [0.3, 0.4) is 0 Å². The van der Waals surface area contributed by atoms with Gasteiger partial charge in [0.15, 0.2) is 0 Å². The first-order valence-electron chi connectivity index (χ1n) is 9.34. The van der Waals surface area contributed by atoms with Gasteiger partial charge in [0, 0.05) is 0 Å². The maximum absolute atomic E-state index is 11.7. The maximum atomic E-state index is 11.7. The molecule has 160 valence electrons. The summed E-state index contributed by atoms with van der Waals surface area (Å²) in [5.41, 5.74) is -0.286. The van der Waals surface area contributed by atoms with Crippen molar-refractivity contribution in [3.05, 3.63) is 70.8 Å². The second-order valence-electron chi connectivity index (χ2n) is 6.20. The molecule has 0 aliphatic carbocycles. The first-order chi connectivity index (χ1) is 14.3. The van der Waals surface area contributed by atoms with Gasteiger partial charge in [0.05, 0.1) is 28.9 Å². The normalized spacial score (nSPS) is 9.77. The molecule has 0 saturated carbocycles. The molecular formula is C22H24O8. The van der Waals surface area contributed by atoms with Crippen LogP contribution in [0.1, 0.15) is 74.0 Å². The highest BCUT2D eigenvalue weighted by Crippen LogP contribution is 2.11. The summed E-state index contributed by atoms with van der Waals surface area (Å²) in [5.74, 6) is -4.14. The van der Waals surface area contributed by atoms with Crippen LogP contribution in [0.25, 0.3) is 0 Å². The van der Waals surface area contributed by atoms with Gasteiger partial charge < -0.3 is 20.1 Å². The second-order valence-corrected chi connectivity index (χ2v) is 6.20. The van der Waals surface area contributed by atoms with Gasteiger partial charge in [0.25, 0.3) is 0 Å². The van der Waals surface area contributed by atoms with Gasteiger partial charge in [-0.1, -0.05) is 50.5 Å². The van der Waals surface area contributed by atoms with Crippen LogP contribution >= 0.6 is 0 Å². The zero-order valence-electron chi connectivity index (χ0n) is 16.5. The number of carbonyl (C=O) groups is 4. The summed E-state index contributed by atoms with van der Waals surface area (Å²) in [7, 11) is 0. The van der Waals surface area contributed by atoms with E-state index in [2.05, 4.69) is 6.92 Å². The minimum Gasteiger partial charge on any atom is -0.478 e. The fraction of sp³-hybridized carbons (Fsp3) is 0.273. The summed E-state index contributed by atoms with van der Waals surface area (Å²) < 4.78 is 5.06. The molecule has 0 radical (unpaired) electrons. The predicted octanol–water partition coefficient (Wildman–Crippen LogP) is 4.20. The summed E-state index contributed by atoms with van der Waals surface area (Å²) in [6, 6.07) is 11.6. The van der Waals surface area contributed by atoms with Crippen molar-refractivity contribution in [3.8, 4) is 0 Å². The highest BCUT2D eigenvalue weighted by atomic mass is 16.5. The number of esters is 1. The summed E-state index contributed by atoms with van der Waals surface area (Å²) in [6.45, 7) is 2.45. The number of aromatic carboxylic acids is 3. The van der Waals surface area contributed by atoms with E-state index in [1.54, 1.807) is 12.1 Å². The lowest BCUT2D eigenvalue weighted by molar-refractivity contribution is 0.0487. The molecule has 0 aromatic heterocycles. The zero-order chi connectivity index (χ0) is 22.5. The lowest BCUT2D eigenvalue weighted by Crippen LogP contribution is -2.12. The van der Waals surface area contributed by atoms with Gasteiger partial charge >= 0.3 is 23.9 Å². The zero-order valence-corrected chi connectivity index (χ0v) is 16.5. The molecule has 0 amide bonds. The van der Waals surface area contributed by atoms with Gasteiger partial charge in [-0.2, -0.15) is 0 Å². The monoisotopic (exact) mass is 416 g/mol. The molecule has 0 aliphatic rings. The molecule has 30 heavy (non-hydrogen) atoms. The Hall–Kier alpha value is -3.68. The van der Waals surface area contributed by atoms with Gasteiger partial charge in [-0.3, -0.25) is 0 Å². The van der Waals surface area contributed by atoms with Crippen LogP contribution in [-0.4, -0.2) is 45.8 Å². The number of hydrogen-bond acceptors (Lipinski definition) is 5. The van der Waals surface area contributed by atoms with E-state index in [9.17, 15) is 19.2 Å². The van der Waals surface area contributed by atoms with E-state index >= 15 is 0 Å². The Labute approximate surface area is 173 Å². The van der Waals surface area contributed by atoms with Crippen molar-refractivity contribution in [3.63, 3.8) is 0 Å². The van der Waals surface area contributed by atoms with E-state index in [1.807, 2.05) is 0 Å². The Morgan fingerprint density at radius 1 is 0.667 bits per heavy atom. The summed E-state index contributed by atoms with van der Waals surface area (Å²) >= 11 is 0. The number of unbranched alkanes of at least 4 members (excludes halogenated alkanes) is 3. The molecule has 0 unspecified atom stereocenters. The molecule has 0 atom stereocenters. The molecule has 0 bridgehead atoms. The minimum absolute atomic E-state index is 0.0175. The Morgan fingerprint density at radius 3 is 1.47 bits per heavy atom. The van der Waals surface area contributed by atoms with Gasteiger partial charge in [0.1, 0.15) is 0 Å². The Kier molecular flexibility index (Phi) is 10.3. The standard InChI is InChI=1S/C14H18O4.C8H6O4/c1-2-3-4-7-10-18-14(17)12-9-6-5-8-11(12)13(15)16;9-7(10)5-3-1-2-4-6(5)8(11)12/h5-6,8-9H,2-4,7,10H2,1H3,(H,15,16);1-4H,(H,9,10)(H,11,12). The van der Waals surface area contributed by atoms with E-state index < -0.39 is 23.9 Å². The van der Waals surface area contributed by atoms with E-state index in [-0.39, 0.29) is 22.3 Å². The van der Waals surface area contributed by atoms with Crippen LogP contribution in [0.4, 0.5) is 0 Å². The Bertz CT molecular complexity index is 855. The average molecular weight is 416 g/mol. The average Bonchev–Trinajstić information content (AvgIpc) is 2.73. The van der Waals surface area contributed by atoms with Crippen LogP contribution in [0.2, 0.25) is 0 Å². The van der Waals surface area contributed by atoms with Crippen molar-refractivity contribution >= 4 is 23.9 Å². The molecular weight excluding hydrogens is 392 g/mol. The van der Waals surface area contributed by atoms with Crippen LogP contribution in [-0.2, 0) is 4.74 Å². The van der Waals surface area contributed by atoms with E-state index in [0.717, 1.165) is 25.7 Å². The van der Waals surface area contributed by atoms with Crippen molar-refractivity contribution in [2.24, 2.45) is 0 Å². The van der Waals surface area contributed by atoms with E-state index in [1.165, 1.54) is 36.4 Å². The predicted molar refractivity (Wildman–Crippen MR) is 108 cm³/mol. The topological polar surface area (TPSA) is 138 Å². The smallest absolute Gasteiger partial charge is 0.339 e. The Balaban J connectivity index is 0.000000325. The van der Waals surface area contributed by atoms with Gasteiger partial charge in [-0.15, -0.1) is 0 Å². The third kappa shape index (κ3) is 7.75. The SMILES string of the molecule is CCCCCCOC(=O)c1ccccc1C(=O)O.O=C(O)c1ccccc1C(=O)O. The van der Waals surface area contributed by atoms with Crippen molar-refractivity contribution in [2.75, 3.05) is 6.61 Å². The molecule has 2 rings (SSSR count). The summed E-state index contributed by atoms with van der Waals surface area (Å²) in [5, 5.41) is 26.1. The number of benzene rings is 2. The van der Waals surface area contributed by atoms with Gasteiger partial charge in [0.2, 0.25) is 0 Å². The third-order valence-electron chi connectivity index (χ3n) is 4.00. The molecule has 0 saturated heterocycles. The van der Waals surface area contributed by atoms with Gasteiger partial charge in [-0.05, 0) is 30.7 Å². The number of ether oxygens (including phenoxy) is 1. The number of rotatable bonds is 9. The molecule has 8 nitrogen and oxygen atoms in total. The van der Waals surface area contributed by atoms with Crippen molar-refractivity contribution < 1.29 is 39.2 Å². The first kappa shape index (κ1) is 24.4. The molecule has 0 heterocycles. The summed E-state index contributed by atoms with van der Waals surface area (Å²) in [6.07, 6.45) is 4.07. The van der Waals surface area contributed by atoms with Crippen LogP contribution in [0, 0.1) is 0 Å². The summed E-state index contributed by atoms with van der Waals surface area (Å²) in [4.78, 5) is 43.6. The van der Waals surface area contributed by atoms with Crippen LogP contribution in [0.15, 0.2) is 48.5 Å². The molecule has 2 aromatic rings. The van der Waals surface area contributed by atoms with Crippen LogP contribution in [0.5, 0.6) is 0 Å². The number of carboxylic acids is 3. The number of carbonyl (C=O) groups excluding carboxylic acids is 1. The van der Waals surface area contributed by atoms with Crippen molar-refractivity contribution in [2.45, 2.75) is 32.6 Å². The molecule has 3 N–H and O–H groups in total. The van der Waals surface area contributed by atoms with Crippen molar-refractivity contribution in [1.82, 2.24) is 0 Å². The second kappa shape index (κ2) is 12.7. The third-order valence-corrected chi connectivity index (χ3v) is 4.00. The molecule has 0 aliphatic heterocycles. The van der Waals surface area contributed by atoms with E-state index in [0.29, 0.717) is 6.61 Å². The van der Waals surface area contributed by atoms with Crippen molar-refractivity contribution in [1.29, 1.82) is 0 Å². The van der Waals surface area contributed by atoms with Crippen LogP contribution < -0.4 is 0 Å². The van der Waals surface area contributed by atoms with E-state index in [4.69, 9.17) is 20.1 Å². The largest absolute Gasteiger partial charge is 0.478 e. The first-order valence-corrected chi connectivity index (χ1v) is 9.34. The lowest BCUT2D eigenvalue weighted by Gasteiger charge is -2.06.